The second kappa shape index (κ2) is 2.44. The molecule has 0 saturated carbocycles. The zero-order chi connectivity index (χ0) is 8.55. The first-order valence-electron chi connectivity index (χ1n) is 3.71. The fraction of sp³-hybridized carbons (Fsp3) is 0.111. The van der Waals surface area contributed by atoms with Crippen LogP contribution in [0.1, 0.15) is 5.56 Å². The molecule has 0 unspecified atom stereocenters. The number of hydrogen-bond donors (Lipinski definition) is 1. The van der Waals surface area contributed by atoms with Crippen LogP contribution in [0.15, 0.2) is 29.2 Å². The third-order valence-electron chi connectivity index (χ3n) is 1.82. The molecule has 2 aromatic rings. The van der Waals surface area contributed by atoms with Crippen molar-refractivity contribution in [2.45, 2.75) is 6.92 Å². The smallest absolute Gasteiger partial charge is 0.267 e. The predicted molar refractivity (Wildman–Crippen MR) is 47.1 cm³/mol. The number of rotatable bonds is 0. The Morgan fingerprint density at radius 1 is 1.42 bits per heavy atom. The van der Waals surface area contributed by atoms with E-state index in [1.807, 2.05) is 25.1 Å². The van der Waals surface area contributed by atoms with Crippen molar-refractivity contribution < 1.29 is 0 Å². The van der Waals surface area contributed by atoms with Crippen LogP contribution in [-0.2, 0) is 0 Å². The molecule has 0 aliphatic heterocycles. The van der Waals surface area contributed by atoms with Crippen LogP contribution >= 0.6 is 0 Å². The highest BCUT2D eigenvalue weighted by Crippen LogP contribution is 2.08. The second-order valence-corrected chi connectivity index (χ2v) is 2.79. The van der Waals surface area contributed by atoms with Crippen molar-refractivity contribution in [1.82, 2.24) is 10.2 Å². The van der Waals surface area contributed by atoms with E-state index in [2.05, 4.69) is 10.2 Å². The summed E-state index contributed by atoms with van der Waals surface area (Å²) in [5.41, 5.74) is 0.954. The highest BCUT2D eigenvalue weighted by atomic mass is 16.1. The lowest BCUT2D eigenvalue weighted by molar-refractivity contribution is 1.01. The lowest BCUT2D eigenvalue weighted by atomic mass is 10.1. The lowest BCUT2D eigenvalue weighted by Crippen LogP contribution is -2.07. The Hall–Kier alpha value is -1.64. The molecule has 0 aliphatic carbocycles. The van der Waals surface area contributed by atoms with Crippen molar-refractivity contribution >= 4 is 10.8 Å². The Balaban J connectivity index is 2.98. The molecular formula is C9H8N2O. The van der Waals surface area contributed by atoms with Crippen LogP contribution in [0.5, 0.6) is 0 Å². The van der Waals surface area contributed by atoms with Gasteiger partial charge in [0.15, 0.2) is 0 Å². The molecule has 3 heteroatoms. The molecule has 0 atom stereocenters. The summed E-state index contributed by atoms with van der Waals surface area (Å²) in [5, 5.41) is 7.68. The summed E-state index contributed by atoms with van der Waals surface area (Å²) in [5.74, 6) is 0. The Morgan fingerprint density at radius 2 is 2.25 bits per heavy atom. The largest absolute Gasteiger partial charge is 0.272 e. The summed E-state index contributed by atoms with van der Waals surface area (Å²) in [6, 6.07) is 5.71. The van der Waals surface area contributed by atoms with Crippen molar-refractivity contribution in [1.29, 1.82) is 0 Å². The van der Waals surface area contributed by atoms with E-state index < -0.39 is 0 Å². The van der Waals surface area contributed by atoms with Gasteiger partial charge < -0.3 is 0 Å². The molecule has 60 valence electrons. The second-order valence-electron chi connectivity index (χ2n) is 2.79. The summed E-state index contributed by atoms with van der Waals surface area (Å²) in [6.45, 7) is 1.96. The minimum Gasteiger partial charge on any atom is -0.267 e. The van der Waals surface area contributed by atoms with Gasteiger partial charge in [0, 0.05) is 5.39 Å². The molecule has 0 aliphatic rings. The minimum absolute atomic E-state index is 0.129. The molecule has 1 aromatic heterocycles. The quantitative estimate of drug-likeness (QED) is 0.630. The van der Waals surface area contributed by atoms with Crippen molar-refractivity contribution in [2.24, 2.45) is 0 Å². The SMILES string of the molecule is Cc1ccc2cn[nH]c(=O)c2c1. The fourth-order valence-corrected chi connectivity index (χ4v) is 1.20. The topological polar surface area (TPSA) is 45.8 Å². The van der Waals surface area contributed by atoms with Gasteiger partial charge in [-0.25, -0.2) is 5.10 Å². The number of nitrogens with one attached hydrogen (secondary N) is 1. The first-order valence-corrected chi connectivity index (χ1v) is 3.71. The van der Waals surface area contributed by atoms with Crippen LogP contribution in [0, 0.1) is 6.92 Å². The molecule has 0 radical (unpaired) electrons. The van der Waals surface area contributed by atoms with Crippen LogP contribution in [0.25, 0.3) is 10.8 Å². The normalized spacial score (nSPS) is 10.4. The van der Waals surface area contributed by atoms with Crippen LogP contribution < -0.4 is 5.56 Å². The maximum atomic E-state index is 11.2. The lowest BCUT2D eigenvalue weighted by Gasteiger charge is -1.95. The molecule has 0 spiro atoms. The van der Waals surface area contributed by atoms with Gasteiger partial charge in [-0.05, 0) is 13.0 Å². The van der Waals surface area contributed by atoms with Gasteiger partial charge in [-0.1, -0.05) is 17.7 Å². The zero-order valence-corrected chi connectivity index (χ0v) is 6.66. The highest BCUT2D eigenvalue weighted by molar-refractivity contribution is 5.80. The summed E-state index contributed by atoms with van der Waals surface area (Å²) >= 11 is 0. The van der Waals surface area contributed by atoms with Crippen LogP contribution in [0.3, 0.4) is 0 Å². The van der Waals surface area contributed by atoms with Gasteiger partial charge >= 0.3 is 0 Å². The fourth-order valence-electron chi connectivity index (χ4n) is 1.20. The molecule has 1 heterocycles. The first-order chi connectivity index (χ1) is 5.77. The molecule has 0 amide bonds. The number of aryl methyl sites for hydroxylation is 1. The van der Waals surface area contributed by atoms with Crippen molar-refractivity contribution in [3.05, 3.63) is 40.3 Å². The monoisotopic (exact) mass is 160 g/mol. The highest BCUT2D eigenvalue weighted by Gasteiger charge is 1.96. The Bertz CT molecular complexity index is 473. The minimum atomic E-state index is -0.129. The summed E-state index contributed by atoms with van der Waals surface area (Å²) in [7, 11) is 0. The zero-order valence-electron chi connectivity index (χ0n) is 6.66. The molecule has 3 nitrogen and oxygen atoms in total. The Morgan fingerprint density at radius 3 is 3.08 bits per heavy atom. The summed E-state index contributed by atoms with van der Waals surface area (Å²) in [4.78, 5) is 11.2. The van der Waals surface area contributed by atoms with E-state index >= 15 is 0 Å². The van der Waals surface area contributed by atoms with E-state index in [0.717, 1.165) is 10.9 Å². The molecule has 2 rings (SSSR count). The number of benzene rings is 1. The third kappa shape index (κ3) is 0.993. The van der Waals surface area contributed by atoms with Gasteiger partial charge in [-0.2, -0.15) is 5.10 Å². The first kappa shape index (κ1) is 7.03. The third-order valence-corrected chi connectivity index (χ3v) is 1.82. The molecule has 1 aromatic carbocycles. The van der Waals surface area contributed by atoms with E-state index in [1.165, 1.54) is 0 Å². The van der Waals surface area contributed by atoms with Crippen LogP contribution in [0.2, 0.25) is 0 Å². The number of hydrogen-bond acceptors (Lipinski definition) is 2. The molecule has 0 fully saturated rings. The van der Waals surface area contributed by atoms with Crippen molar-refractivity contribution in [2.75, 3.05) is 0 Å². The van der Waals surface area contributed by atoms with E-state index in [4.69, 9.17) is 0 Å². The Labute approximate surface area is 69.0 Å². The van der Waals surface area contributed by atoms with Crippen LogP contribution in [-0.4, -0.2) is 10.2 Å². The van der Waals surface area contributed by atoms with Gasteiger partial charge in [-0.3, -0.25) is 4.79 Å². The molecule has 12 heavy (non-hydrogen) atoms. The van der Waals surface area contributed by atoms with Gasteiger partial charge in [0.05, 0.1) is 11.6 Å². The number of nitrogens with zero attached hydrogens (tertiary/aromatic N) is 1. The van der Waals surface area contributed by atoms with Crippen molar-refractivity contribution in [3.8, 4) is 0 Å². The molecular weight excluding hydrogens is 152 g/mol. The maximum Gasteiger partial charge on any atom is 0.272 e. The molecule has 0 bridgehead atoms. The van der Waals surface area contributed by atoms with Crippen LogP contribution in [0.4, 0.5) is 0 Å². The predicted octanol–water partition coefficient (Wildman–Crippen LogP) is 1.23. The average molecular weight is 160 g/mol. The number of aromatic nitrogens is 2. The molecule has 1 N–H and O–H groups in total. The van der Waals surface area contributed by atoms with Gasteiger partial charge in [0.25, 0.3) is 5.56 Å². The van der Waals surface area contributed by atoms with Gasteiger partial charge in [-0.15, -0.1) is 0 Å². The maximum absolute atomic E-state index is 11.2. The number of H-pyrrole nitrogens is 1. The van der Waals surface area contributed by atoms with E-state index in [9.17, 15) is 4.79 Å². The molecule has 0 saturated heterocycles. The Kier molecular flexibility index (Phi) is 1.43. The average Bonchev–Trinajstić information content (AvgIpc) is 2.07. The number of fused-ring (bicyclic) bond motifs is 1. The van der Waals surface area contributed by atoms with Crippen molar-refractivity contribution in [3.63, 3.8) is 0 Å². The van der Waals surface area contributed by atoms with E-state index in [-0.39, 0.29) is 5.56 Å². The summed E-state index contributed by atoms with van der Waals surface area (Å²) in [6.07, 6.45) is 1.65. The summed E-state index contributed by atoms with van der Waals surface area (Å²) < 4.78 is 0. The van der Waals surface area contributed by atoms with E-state index in [0.29, 0.717) is 5.39 Å². The van der Waals surface area contributed by atoms with Gasteiger partial charge in [0.2, 0.25) is 0 Å². The standard InChI is InChI=1S/C9H8N2O/c1-6-2-3-7-5-10-11-9(12)8(7)4-6/h2-5H,1H3,(H,11,12). The van der Waals surface area contributed by atoms with Gasteiger partial charge in [0.1, 0.15) is 0 Å². The number of aromatic amines is 1. The van der Waals surface area contributed by atoms with E-state index in [1.54, 1.807) is 6.20 Å².